The van der Waals surface area contributed by atoms with Gasteiger partial charge in [0.1, 0.15) is 11.2 Å². The van der Waals surface area contributed by atoms with Gasteiger partial charge in [-0.05, 0) is 80.3 Å². The highest BCUT2D eigenvalue weighted by atomic mass is 16.5. The lowest BCUT2D eigenvalue weighted by molar-refractivity contribution is -0.149. The molecule has 2 aromatic carbocycles. The van der Waals surface area contributed by atoms with E-state index in [1.54, 1.807) is 10.9 Å². The van der Waals surface area contributed by atoms with E-state index in [0.29, 0.717) is 51.9 Å². The van der Waals surface area contributed by atoms with E-state index in [9.17, 15) is 19.5 Å². The normalized spacial score (nSPS) is 15.3. The van der Waals surface area contributed by atoms with Gasteiger partial charge in [-0.1, -0.05) is 24.3 Å². The van der Waals surface area contributed by atoms with Gasteiger partial charge in [-0.2, -0.15) is 5.10 Å². The zero-order valence-electron chi connectivity index (χ0n) is 23.1. The molecule has 2 amide bonds. The molecule has 1 aromatic heterocycles. The molecule has 1 aliphatic carbocycles. The molecular formula is C31H36N4O5. The summed E-state index contributed by atoms with van der Waals surface area (Å²) in [7, 11) is 0. The third-order valence-corrected chi connectivity index (χ3v) is 8.06. The van der Waals surface area contributed by atoms with Gasteiger partial charge in [-0.15, -0.1) is 0 Å². The van der Waals surface area contributed by atoms with Gasteiger partial charge >= 0.3 is 5.97 Å². The van der Waals surface area contributed by atoms with Gasteiger partial charge in [0.15, 0.2) is 0 Å². The monoisotopic (exact) mass is 544 g/mol. The van der Waals surface area contributed by atoms with Gasteiger partial charge in [0.05, 0.1) is 19.3 Å². The number of carbonyl (C=O) groups is 3. The summed E-state index contributed by atoms with van der Waals surface area (Å²) in [4.78, 5) is 38.7. The van der Waals surface area contributed by atoms with Gasteiger partial charge in [-0.25, -0.2) is 0 Å². The molecule has 0 bridgehead atoms. The average Bonchev–Trinajstić information content (AvgIpc) is 3.65. The summed E-state index contributed by atoms with van der Waals surface area (Å²) in [6.07, 6.45) is 7.33. The van der Waals surface area contributed by atoms with Crippen LogP contribution in [0.2, 0.25) is 0 Å². The van der Waals surface area contributed by atoms with Crippen LogP contribution in [0, 0.1) is 19.3 Å². The summed E-state index contributed by atoms with van der Waals surface area (Å²) in [5, 5.41) is 16.5. The molecule has 9 nitrogen and oxygen atoms in total. The number of aliphatic carboxylic acids is 1. The Morgan fingerprint density at radius 2 is 1.93 bits per heavy atom. The molecule has 5 rings (SSSR count). The largest absolute Gasteiger partial charge is 0.493 e. The van der Waals surface area contributed by atoms with Gasteiger partial charge < -0.3 is 20.1 Å². The molecule has 0 spiro atoms. The number of carboxylic acids is 1. The lowest BCUT2D eigenvalue weighted by Gasteiger charge is -2.31. The van der Waals surface area contributed by atoms with Crippen LogP contribution in [0.25, 0.3) is 11.1 Å². The van der Waals surface area contributed by atoms with Crippen molar-refractivity contribution in [2.45, 2.75) is 58.9 Å². The molecule has 1 fully saturated rings. The van der Waals surface area contributed by atoms with Gasteiger partial charge in [0, 0.05) is 37.0 Å². The standard InChI is InChI=1S/C31H36N4O5/c1-21-7-3-11-27(22(21)2)40-18-6-12-28(36)35-16-5-9-25-24(8-4-10-26(25)35)23-19-33-34(20-23)17-15-32-29(37)31(13-14-31)30(38)39/h3-4,7-8,10-11,19-20H,5-6,9,12-18H2,1-2H3,(H,32,37)(H,38,39). The number of carboxylic acid groups (broad SMARTS) is 1. The molecule has 2 aliphatic rings. The minimum atomic E-state index is -1.24. The molecule has 40 heavy (non-hydrogen) atoms. The number of nitrogens with zero attached hydrogens (tertiary/aromatic N) is 3. The highest BCUT2D eigenvalue weighted by molar-refractivity contribution is 6.04. The molecule has 1 aliphatic heterocycles. The summed E-state index contributed by atoms with van der Waals surface area (Å²) in [6, 6.07) is 12.1. The van der Waals surface area contributed by atoms with Crippen molar-refractivity contribution in [1.29, 1.82) is 0 Å². The zero-order valence-corrected chi connectivity index (χ0v) is 23.1. The lowest BCUT2D eigenvalue weighted by Crippen LogP contribution is -2.38. The molecule has 9 heteroatoms. The van der Waals surface area contributed by atoms with E-state index in [2.05, 4.69) is 29.5 Å². The molecule has 1 saturated carbocycles. The minimum Gasteiger partial charge on any atom is -0.493 e. The molecular weight excluding hydrogens is 508 g/mol. The van der Waals surface area contributed by atoms with E-state index < -0.39 is 17.3 Å². The maximum absolute atomic E-state index is 13.2. The van der Waals surface area contributed by atoms with Crippen molar-refractivity contribution in [2.75, 3.05) is 24.6 Å². The first-order chi connectivity index (χ1) is 19.3. The quantitative estimate of drug-likeness (QED) is 0.275. The van der Waals surface area contributed by atoms with Crippen LogP contribution in [-0.2, 0) is 27.3 Å². The second-order valence-corrected chi connectivity index (χ2v) is 10.7. The Morgan fingerprint density at radius 1 is 1.12 bits per heavy atom. The van der Waals surface area contributed by atoms with Crippen LogP contribution in [0.5, 0.6) is 5.75 Å². The van der Waals surface area contributed by atoms with Crippen molar-refractivity contribution >= 4 is 23.5 Å². The minimum absolute atomic E-state index is 0.101. The fourth-order valence-corrected chi connectivity index (χ4v) is 5.32. The van der Waals surface area contributed by atoms with Crippen molar-refractivity contribution in [3.63, 3.8) is 0 Å². The van der Waals surface area contributed by atoms with Crippen LogP contribution in [0.4, 0.5) is 5.69 Å². The first kappa shape index (κ1) is 27.4. The number of aryl methyl sites for hydroxylation is 1. The highest BCUT2D eigenvalue weighted by Crippen LogP contribution is 2.46. The second kappa shape index (κ2) is 11.5. The first-order valence-corrected chi connectivity index (χ1v) is 14.0. The van der Waals surface area contributed by atoms with E-state index in [-0.39, 0.29) is 5.91 Å². The fraction of sp³-hybridized carbons (Fsp3) is 0.419. The van der Waals surface area contributed by atoms with Crippen molar-refractivity contribution in [3.05, 3.63) is 65.5 Å². The number of benzene rings is 2. The molecule has 2 N–H and O–H groups in total. The van der Waals surface area contributed by atoms with Crippen molar-refractivity contribution in [1.82, 2.24) is 15.1 Å². The Bertz CT molecular complexity index is 1420. The van der Waals surface area contributed by atoms with Gasteiger partial charge in [0.25, 0.3) is 0 Å². The van der Waals surface area contributed by atoms with Gasteiger partial charge in [0.2, 0.25) is 11.8 Å². The predicted octanol–water partition coefficient (Wildman–Crippen LogP) is 4.29. The number of fused-ring (bicyclic) bond motifs is 1. The number of ether oxygens (including phenoxy) is 1. The second-order valence-electron chi connectivity index (χ2n) is 10.7. The number of rotatable bonds is 11. The van der Waals surface area contributed by atoms with E-state index in [1.165, 1.54) is 5.56 Å². The summed E-state index contributed by atoms with van der Waals surface area (Å²) < 4.78 is 7.69. The number of amides is 2. The molecule has 0 unspecified atom stereocenters. The lowest BCUT2D eigenvalue weighted by atomic mass is 9.93. The zero-order chi connectivity index (χ0) is 28.3. The van der Waals surface area contributed by atoms with Crippen LogP contribution in [0.15, 0.2) is 48.8 Å². The number of aromatic nitrogens is 2. The molecule has 0 atom stereocenters. The average molecular weight is 545 g/mol. The maximum atomic E-state index is 13.2. The number of carbonyl (C=O) groups excluding carboxylic acids is 2. The molecule has 0 saturated heterocycles. The maximum Gasteiger partial charge on any atom is 0.319 e. The van der Waals surface area contributed by atoms with E-state index >= 15 is 0 Å². The van der Waals surface area contributed by atoms with E-state index in [0.717, 1.165) is 46.5 Å². The Balaban J connectivity index is 1.18. The topological polar surface area (TPSA) is 114 Å². The van der Waals surface area contributed by atoms with Crippen LogP contribution >= 0.6 is 0 Å². The summed E-state index contributed by atoms with van der Waals surface area (Å²) >= 11 is 0. The molecule has 2 heterocycles. The number of nitrogens with one attached hydrogen (secondary N) is 1. The van der Waals surface area contributed by atoms with Crippen LogP contribution < -0.4 is 15.0 Å². The van der Waals surface area contributed by atoms with E-state index in [4.69, 9.17) is 4.74 Å². The van der Waals surface area contributed by atoms with Crippen LogP contribution in [0.3, 0.4) is 0 Å². The number of hydrogen-bond acceptors (Lipinski definition) is 5. The third-order valence-electron chi connectivity index (χ3n) is 8.06. The van der Waals surface area contributed by atoms with Crippen molar-refractivity contribution < 1.29 is 24.2 Å². The van der Waals surface area contributed by atoms with Gasteiger partial charge in [-0.3, -0.25) is 19.1 Å². The molecule has 210 valence electrons. The molecule has 0 radical (unpaired) electrons. The number of hydrogen-bond donors (Lipinski definition) is 2. The Morgan fingerprint density at radius 3 is 2.70 bits per heavy atom. The first-order valence-electron chi connectivity index (χ1n) is 14.0. The smallest absolute Gasteiger partial charge is 0.319 e. The Hall–Kier alpha value is -4.14. The third kappa shape index (κ3) is 5.59. The predicted molar refractivity (Wildman–Crippen MR) is 151 cm³/mol. The van der Waals surface area contributed by atoms with Crippen LogP contribution in [0.1, 0.15) is 48.8 Å². The SMILES string of the molecule is Cc1cccc(OCCCC(=O)N2CCCc3c(-c4cnn(CCNC(=O)C5(C(=O)O)CC5)c4)cccc32)c1C. The van der Waals surface area contributed by atoms with E-state index in [1.807, 2.05) is 42.3 Å². The summed E-state index contributed by atoms with van der Waals surface area (Å²) in [6.45, 7) is 6.04. The summed E-state index contributed by atoms with van der Waals surface area (Å²) in [5.74, 6) is -0.510. The number of anilines is 1. The Labute approximate surface area is 234 Å². The molecule has 3 aromatic rings. The van der Waals surface area contributed by atoms with Crippen molar-refractivity contribution in [3.8, 4) is 16.9 Å². The summed E-state index contributed by atoms with van der Waals surface area (Å²) in [5.41, 5.74) is 5.16. The van der Waals surface area contributed by atoms with Crippen molar-refractivity contribution in [2.24, 2.45) is 5.41 Å². The van der Waals surface area contributed by atoms with Crippen LogP contribution in [-0.4, -0.2) is 52.4 Å². The Kier molecular flexibility index (Phi) is 7.91. The highest BCUT2D eigenvalue weighted by Gasteiger charge is 2.56. The fourth-order valence-electron chi connectivity index (χ4n) is 5.32.